The van der Waals surface area contributed by atoms with Gasteiger partial charge >= 0.3 is 0 Å². The second-order valence-electron chi connectivity index (χ2n) is 5.17. The summed E-state index contributed by atoms with van der Waals surface area (Å²) in [7, 11) is 0. The van der Waals surface area contributed by atoms with Crippen molar-refractivity contribution in [3.63, 3.8) is 0 Å². The van der Waals surface area contributed by atoms with Gasteiger partial charge < -0.3 is 16.2 Å². The average Bonchev–Trinajstić information content (AvgIpc) is 2.62. The highest BCUT2D eigenvalue weighted by Gasteiger charge is 2.08. The molecular weight excluding hydrogens is 356 g/mol. The van der Waals surface area contributed by atoms with Crippen molar-refractivity contribution in [2.45, 2.75) is 18.5 Å². The minimum atomic E-state index is -0.479. The molecule has 138 valence electrons. The molecule has 0 unspecified atom stereocenters. The van der Waals surface area contributed by atoms with E-state index in [1.54, 1.807) is 12.1 Å². The highest BCUT2D eigenvalue weighted by atomic mass is 32.2. The molecule has 6 N–H and O–H groups in total. The van der Waals surface area contributed by atoms with Crippen LogP contribution in [-0.4, -0.2) is 34.1 Å². The Morgan fingerprint density at radius 3 is 2.31 bits per heavy atom. The molecule has 0 aliphatic carbocycles. The Labute approximate surface area is 154 Å². The number of hydrogen-bond donors (Lipinski definition) is 4. The van der Waals surface area contributed by atoms with Crippen LogP contribution in [0.3, 0.4) is 0 Å². The van der Waals surface area contributed by atoms with E-state index >= 15 is 0 Å². The Hall–Kier alpha value is -3.01. The Morgan fingerprint density at radius 1 is 1.08 bits per heavy atom. The lowest BCUT2D eigenvalue weighted by molar-refractivity contribution is -0.128. The van der Waals surface area contributed by atoms with Crippen molar-refractivity contribution in [1.29, 1.82) is 0 Å². The Kier molecular flexibility index (Phi) is 7.03. The molecule has 0 saturated heterocycles. The molecular formula is C16H20N6O3S. The molecule has 0 aliphatic rings. The van der Waals surface area contributed by atoms with Crippen molar-refractivity contribution in [1.82, 2.24) is 20.8 Å². The van der Waals surface area contributed by atoms with E-state index in [2.05, 4.69) is 27.7 Å². The molecule has 0 spiro atoms. The fourth-order valence-electron chi connectivity index (χ4n) is 1.84. The zero-order valence-corrected chi connectivity index (χ0v) is 15.0. The molecule has 2 aromatic rings. The van der Waals surface area contributed by atoms with Crippen LogP contribution in [0.5, 0.6) is 5.75 Å². The van der Waals surface area contributed by atoms with Crippen LogP contribution in [0.25, 0.3) is 0 Å². The largest absolute Gasteiger partial charge is 0.484 e. The van der Waals surface area contributed by atoms with E-state index in [9.17, 15) is 9.59 Å². The fraction of sp³-hybridized carbons (Fsp3) is 0.250. The summed E-state index contributed by atoms with van der Waals surface area (Å²) in [4.78, 5) is 31.3. The molecule has 9 nitrogen and oxygen atoms in total. The minimum absolute atomic E-state index is 0.0114. The molecule has 0 aliphatic heterocycles. The molecule has 10 heteroatoms. The van der Waals surface area contributed by atoms with E-state index in [4.69, 9.17) is 16.2 Å². The number of nitrogens with one attached hydrogen (secondary N) is 2. The summed E-state index contributed by atoms with van der Waals surface area (Å²) in [5, 5.41) is 0.280. The summed E-state index contributed by atoms with van der Waals surface area (Å²) in [5.74, 6) is 0.0987. The monoisotopic (exact) mass is 376 g/mol. The number of rotatable bonds is 7. The van der Waals surface area contributed by atoms with Gasteiger partial charge in [0.25, 0.3) is 5.91 Å². The van der Waals surface area contributed by atoms with E-state index in [0.29, 0.717) is 5.75 Å². The summed E-state index contributed by atoms with van der Waals surface area (Å²) < 4.78 is 5.34. The lowest BCUT2D eigenvalue weighted by Gasteiger charge is -2.09. The number of nitrogens with zero attached hydrogens (tertiary/aromatic N) is 2. The first kappa shape index (κ1) is 19.3. The van der Waals surface area contributed by atoms with E-state index in [1.165, 1.54) is 11.6 Å². The van der Waals surface area contributed by atoms with Gasteiger partial charge in [0.1, 0.15) is 17.4 Å². The number of hydrazine groups is 1. The first-order valence-corrected chi connectivity index (χ1v) is 8.77. The number of ether oxygens (including phenoxy) is 1. The number of aromatic nitrogens is 2. The molecule has 26 heavy (non-hydrogen) atoms. The molecule has 0 bridgehead atoms. The molecule has 0 saturated carbocycles. The van der Waals surface area contributed by atoms with E-state index in [0.717, 1.165) is 18.2 Å². The van der Waals surface area contributed by atoms with Crippen molar-refractivity contribution in [3.05, 3.63) is 35.9 Å². The maximum atomic E-state index is 11.7. The van der Waals surface area contributed by atoms with Crippen molar-refractivity contribution in [3.8, 4) is 5.75 Å². The number of aryl methyl sites for hydroxylation is 1. The first-order chi connectivity index (χ1) is 12.5. The fourth-order valence-corrected chi connectivity index (χ4v) is 2.51. The van der Waals surface area contributed by atoms with Gasteiger partial charge in [-0.05, 0) is 24.1 Å². The van der Waals surface area contributed by atoms with Gasteiger partial charge in [0.15, 0.2) is 11.8 Å². The second kappa shape index (κ2) is 9.47. The molecule has 0 fully saturated rings. The van der Waals surface area contributed by atoms with Crippen LogP contribution < -0.4 is 27.1 Å². The van der Waals surface area contributed by atoms with Crippen LogP contribution in [0.1, 0.15) is 12.5 Å². The van der Waals surface area contributed by atoms with Gasteiger partial charge in [-0.3, -0.25) is 20.4 Å². The molecule has 0 radical (unpaired) electrons. The topological polar surface area (TPSA) is 145 Å². The second-order valence-corrected chi connectivity index (χ2v) is 6.11. The number of hydrogen-bond acceptors (Lipinski definition) is 8. The number of benzene rings is 1. The normalized spacial score (nSPS) is 10.2. The van der Waals surface area contributed by atoms with Gasteiger partial charge in [0, 0.05) is 6.07 Å². The van der Waals surface area contributed by atoms with Gasteiger partial charge in [-0.25, -0.2) is 9.97 Å². The zero-order valence-electron chi connectivity index (χ0n) is 14.2. The molecule has 2 amide bonds. The van der Waals surface area contributed by atoms with Gasteiger partial charge in [-0.2, -0.15) is 0 Å². The molecule has 2 rings (SSSR count). The van der Waals surface area contributed by atoms with Crippen molar-refractivity contribution in [2.75, 3.05) is 23.8 Å². The van der Waals surface area contributed by atoms with Crippen LogP contribution in [0, 0.1) is 0 Å². The SMILES string of the molecule is CCc1ccc(OCC(=O)NNC(=O)CSc2nc(N)cc(N)n2)cc1. The predicted molar refractivity (Wildman–Crippen MR) is 99.2 cm³/mol. The third-order valence-electron chi connectivity index (χ3n) is 3.12. The van der Waals surface area contributed by atoms with Gasteiger partial charge in [0.05, 0.1) is 5.75 Å². The van der Waals surface area contributed by atoms with Gasteiger partial charge in [0.2, 0.25) is 5.91 Å². The third kappa shape index (κ3) is 6.48. The Morgan fingerprint density at radius 2 is 1.69 bits per heavy atom. The van der Waals surface area contributed by atoms with Crippen molar-refractivity contribution in [2.24, 2.45) is 0 Å². The highest BCUT2D eigenvalue weighted by molar-refractivity contribution is 7.99. The highest BCUT2D eigenvalue weighted by Crippen LogP contribution is 2.15. The molecule has 1 aromatic carbocycles. The van der Waals surface area contributed by atoms with Crippen LogP contribution in [0.4, 0.5) is 11.6 Å². The summed E-state index contributed by atoms with van der Waals surface area (Å²) in [6.45, 7) is 1.84. The Bertz CT molecular complexity index is 749. The summed E-state index contributed by atoms with van der Waals surface area (Å²) >= 11 is 1.05. The molecule has 1 aromatic heterocycles. The lowest BCUT2D eigenvalue weighted by Crippen LogP contribution is -2.44. The van der Waals surface area contributed by atoms with Crippen LogP contribution in [0.15, 0.2) is 35.5 Å². The predicted octanol–water partition coefficient (Wildman–Crippen LogP) is 0.522. The third-order valence-corrected chi connectivity index (χ3v) is 3.97. The minimum Gasteiger partial charge on any atom is -0.484 e. The van der Waals surface area contributed by atoms with Gasteiger partial charge in [-0.1, -0.05) is 30.8 Å². The maximum Gasteiger partial charge on any atom is 0.276 e. The van der Waals surface area contributed by atoms with Crippen molar-refractivity contribution >= 4 is 35.2 Å². The standard InChI is InChI=1S/C16H20N6O3S/c1-2-10-3-5-11(6-4-10)25-8-14(23)21-22-15(24)9-26-16-19-12(17)7-13(18)20-16/h3-7H,2,8-9H2,1H3,(H,21,23)(H,22,24)(H4,17,18,19,20). The van der Waals surface area contributed by atoms with E-state index in [1.807, 2.05) is 12.1 Å². The lowest BCUT2D eigenvalue weighted by atomic mass is 10.2. The summed E-state index contributed by atoms with van der Waals surface area (Å²) in [5.41, 5.74) is 16.8. The first-order valence-electron chi connectivity index (χ1n) is 7.78. The van der Waals surface area contributed by atoms with Crippen molar-refractivity contribution < 1.29 is 14.3 Å². The number of amides is 2. The van der Waals surface area contributed by atoms with Crippen LogP contribution in [-0.2, 0) is 16.0 Å². The quantitative estimate of drug-likeness (QED) is 0.311. The maximum absolute atomic E-state index is 11.7. The van der Waals surface area contributed by atoms with E-state index < -0.39 is 11.8 Å². The molecule has 0 atom stereocenters. The number of carbonyl (C=O) groups excluding carboxylic acids is 2. The van der Waals surface area contributed by atoms with Crippen LogP contribution >= 0.6 is 11.8 Å². The number of thioether (sulfide) groups is 1. The smallest absolute Gasteiger partial charge is 0.276 e. The van der Waals surface area contributed by atoms with Crippen LogP contribution in [0.2, 0.25) is 0 Å². The average molecular weight is 376 g/mol. The number of carbonyl (C=O) groups is 2. The zero-order chi connectivity index (χ0) is 18.9. The number of nitrogens with two attached hydrogens (primary N) is 2. The Balaban J connectivity index is 1.68. The number of anilines is 2. The summed E-state index contributed by atoms with van der Waals surface area (Å²) in [6, 6.07) is 8.85. The number of nitrogen functional groups attached to an aromatic ring is 2. The van der Waals surface area contributed by atoms with E-state index in [-0.39, 0.29) is 29.2 Å². The summed E-state index contributed by atoms with van der Waals surface area (Å²) in [6.07, 6.45) is 0.929. The molecule has 1 heterocycles. The van der Waals surface area contributed by atoms with Gasteiger partial charge in [-0.15, -0.1) is 0 Å².